The van der Waals surface area contributed by atoms with Crippen molar-refractivity contribution in [2.45, 2.75) is 52.2 Å². The second kappa shape index (κ2) is 6.15. The molecule has 4 atom stereocenters. The number of hydrogen-bond donors (Lipinski definition) is 1. The fourth-order valence-corrected chi connectivity index (χ4v) is 2.89. The second-order valence-electron chi connectivity index (χ2n) is 5.87. The van der Waals surface area contributed by atoms with Crippen molar-refractivity contribution in [3.05, 3.63) is 28.8 Å². The van der Waals surface area contributed by atoms with Gasteiger partial charge in [0.05, 0.1) is 17.2 Å². The Balaban J connectivity index is 2.03. The van der Waals surface area contributed by atoms with Crippen LogP contribution in [0.25, 0.3) is 0 Å². The van der Waals surface area contributed by atoms with Crippen molar-refractivity contribution in [1.29, 1.82) is 0 Å². The van der Waals surface area contributed by atoms with Crippen molar-refractivity contribution in [3.8, 4) is 5.75 Å². The van der Waals surface area contributed by atoms with Crippen LogP contribution in [0.3, 0.4) is 0 Å². The highest BCUT2D eigenvalue weighted by molar-refractivity contribution is 6.32. The molecular weight excluding hydrogens is 260 g/mol. The van der Waals surface area contributed by atoms with Gasteiger partial charge in [0.15, 0.2) is 0 Å². The number of aliphatic hydroxyl groups is 1. The van der Waals surface area contributed by atoms with Gasteiger partial charge in [-0.2, -0.15) is 0 Å². The molecule has 0 heterocycles. The lowest BCUT2D eigenvalue weighted by molar-refractivity contribution is 0.101. The molecule has 0 spiro atoms. The third kappa shape index (κ3) is 3.64. The largest absolute Gasteiger partial charge is 0.489 e. The van der Waals surface area contributed by atoms with Crippen LogP contribution in [0.1, 0.15) is 51.7 Å². The van der Waals surface area contributed by atoms with Crippen molar-refractivity contribution in [2.24, 2.45) is 11.8 Å². The molecule has 1 aromatic rings. The Kier molecular flexibility index (Phi) is 4.75. The fourth-order valence-electron chi connectivity index (χ4n) is 2.66. The highest BCUT2D eigenvalue weighted by atomic mass is 35.5. The Morgan fingerprint density at radius 1 is 1.26 bits per heavy atom. The third-order valence-electron chi connectivity index (χ3n) is 4.28. The van der Waals surface area contributed by atoms with E-state index in [9.17, 15) is 5.11 Å². The van der Waals surface area contributed by atoms with Crippen molar-refractivity contribution in [3.63, 3.8) is 0 Å². The molecule has 3 heteroatoms. The quantitative estimate of drug-likeness (QED) is 0.878. The second-order valence-corrected chi connectivity index (χ2v) is 6.28. The third-order valence-corrected chi connectivity index (χ3v) is 4.58. The first-order valence-electron chi connectivity index (χ1n) is 7.11. The summed E-state index contributed by atoms with van der Waals surface area (Å²) in [6.45, 7) is 6.33. The smallest absolute Gasteiger partial charge is 0.138 e. The lowest BCUT2D eigenvalue weighted by Gasteiger charge is -2.32. The molecule has 0 bridgehead atoms. The van der Waals surface area contributed by atoms with Crippen LogP contribution < -0.4 is 4.74 Å². The van der Waals surface area contributed by atoms with E-state index in [1.165, 1.54) is 6.42 Å². The fraction of sp³-hybridized carbons (Fsp3) is 0.625. The van der Waals surface area contributed by atoms with Crippen molar-refractivity contribution < 1.29 is 9.84 Å². The maximum atomic E-state index is 9.52. The first-order valence-corrected chi connectivity index (χ1v) is 7.49. The molecule has 0 aliphatic heterocycles. The monoisotopic (exact) mass is 282 g/mol. The molecule has 1 N–H and O–H groups in total. The predicted molar refractivity (Wildman–Crippen MR) is 78.7 cm³/mol. The molecule has 1 fully saturated rings. The summed E-state index contributed by atoms with van der Waals surface area (Å²) in [5.41, 5.74) is 0.822. The lowest BCUT2D eigenvalue weighted by Crippen LogP contribution is -2.28. The number of hydrogen-bond acceptors (Lipinski definition) is 2. The summed E-state index contributed by atoms with van der Waals surface area (Å²) in [5.74, 6) is 2.22. The first-order chi connectivity index (χ1) is 8.97. The minimum absolute atomic E-state index is 0.265. The van der Waals surface area contributed by atoms with E-state index in [0.29, 0.717) is 10.9 Å². The summed E-state index contributed by atoms with van der Waals surface area (Å²) in [5, 5.41) is 10.1. The highest BCUT2D eigenvalue weighted by Gasteiger charge is 2.26. The van der Waals surface area contributed by atoms with Crippen LogP contribution in [0.2, 0.25) is 5.02 Å². The number of aliphatic hydroxyl groups excluding tert-OH is 1. The first kappa shape index (κ1) is 14.7. The summed E-state index contributed by atoms with van der Waals surface area (Å²) in [7, 11) is 0. The molecule has 19 heavy (non-hydrogen) atoms. The average Bonchev–Trinajstić information content (AvgIpc) is 2.36. The van der Waals surface area contributed by atoms with E-state index in [-0.39, 0.29) is 6.10 Å². The molecule has 0 aromatic heterocycles. The Labute approximate surface area is 120 Å². The zero-order valence-corrected chi connectivity index (χ0v) is 12.7. The lowest BCUT2D eigenvalue weighted by atomic mass is 9.80. The van der Waals surface area contributed by atoms with E-state index in [1.54, 1.807) is 13.0 Å². The molecule has 0 saturated heterocycles. The van der Waals surface area contributed by atoms with E-state index in [2.05, 4.69) is 13.8 Å². The van der Waals surface area contributed by atoms with Gasteiger partial charge in [-0.3, -0.25) is 0 Å². The maximum absolute atomic E-state index is 9.52. The van der Waals surface area contributed by atoms with Gasteiger partial charge in [0.1, 0.15) is 5.75 Å². The van der Waals surface area contributed by atoms with E-state index >= 15 is 0 Å². The summed E-state index contributed by atoms with van der Waals surface area (Å²) < 4.78 is 6.03. The zero-order chi connectivity index (χ0) is 14.0. The molecule has 1 aliphatic rings. The Morgan fingerprint density at radius 2 is 2.00 bits per heavy atom. The van der Waals surface area contributed by atoms with Crippen LogP contribution in [-0.2, 0) is 0 Å². The molecular formula is C16H23ClO2. The standard InChI is InChI=1S/C16H23ClO2/c1-10-4-6-14(8-11(10)2)19-16-7-5-13(12(3)18)9-15(16)17/h5,7,9-12,14,18H,4,6,8H2,1-3H3/t10?,11?,12-,14?/m0/s1. The van der Waals surface area contributed by atoms with Gasteiger partial charge >= 0.3 is 0 Å². The maximum Gasteiger partial charge on any atom is 0.138 e. The molecule has 1 saturated carbocycles. The predicted octanol–water partition coefficient (Wildman–Crippen LogP) is 4.60. The van der Waals surface area contributed by atoms with Gasteiger partial charge in [-0.05, 0) is 55.7 Å². The van der Waals surface area contributed by atoms with Crippen molar-refractivity contribution >= 4 is 11.6 Å². The molecule has 0 amide bonds. The molecule has 1 aromatic carbocycles. The zero-order valence-electron chi connectivity index (χ0n) is 11.9. The number of halogens is 1. The number of benzene rings is 1. The van der Waals surface area contributed by atoms with Crippen molar-refractivity contribution in [1.82, 2.24) is 0 Å². The molecule has 2 nitrogen and oxygen atoms in total. The summed E-state index contributed by atoms with van der Waals surface area (Å²) in [4.78, 5) is 0. The molecule has 2 rings (SSSR count). The van der Waals surface area contributed by atoms with Gasteiger partial charge in [-0.25, -0.2) is 0 Å². The average molecular weight is 283 g/mol. The van der Waals surface area contributed by atoms with Gasteiger partial charge in [-0.1, -0.05) is 31.5 Å². The topological polar surface area (TPSA) is 29.5 Å². The van der Waals surface area contributed by atoms with Gasteiger partial charge in [0.2, 0.25) is 0 Å². The van der Waals surface area contributed by atoms with Crippen LogP contribution in [0.4, 0.5) is 0 Å². The van der Waals surface area contributed by atoms with Crippen LogP contribution in [0.5, 0.6) is 5.75 Å². The van der Waals surface area contributed by atoms with E-state index in [4.69, 9.17) is 16.3 Å². The Hall–Kier alpha value is -0.730. The Bertz CT molecular complexity index is 431. The SMILES string of the molecule is CC1CCC(Oc2ccc([C@H](C)O)cc2Cl)CC1C. The van der Waals surface area contributed by atoms with E-state index in [1.807, 2.05) is 12.1 Å². The molecule has 3 unspecified atom stereocenters. The number of rotatable bonds is 3. The molecule has 0 radical (unpaired) electrons. The van der Waals surface area contributed by atoms with Crippen LogP contribution >= 0.6 is 11.6 Å². The Morgan fingerprint density at radius 3 is 2.58 bits per heavy atom. The van der Waals surface area contributed by atoms with Gasteiger partial charge in [0.25, 0.3) is 0 Å². The summed E-state index contributed by atoms with van der Waals surface area (Å²) in [6, 6.07) is 5.53. The normalized spacial score (nSPS) is 29.0. The van der Waals surface area contributed by atoms with Gasteiger partial charge in [-0.15, -0.1) is 0 Å². The van der Waals surface area contributed by atoms with E-state index in [0.717, 1.165) is 30.1 Å². The van der Waals surface area contributed by atoms with Crippen LogP contribution in [0, 0.1) is 11.8 Å². The molecule has 106 valence electrons. The highest BCUT2D eigenvalue weighted by Crippen LogP contribution is 2.34. The van der Waals surface area contributed by atoms with Crippen LogP contribution in [0.15, 0.2) is 18.2 Å². The van der Waals surface area contributed by atoms with Crippen molar-refractivity contribution in [2.75, 3.05) is 0 Å². The number of ether oxygens (including phenoxy) is 1. The van der Waals surface area contributed by atoms with Gasteiger partial charge < -0.3 is 9.84 Å². The summed E-state index contributed by atoms with van der Waals surface area (Å²) in [6.07, 6.45) is 3.17. The van der Waals surface area contributed by atoms with Crippen LogP contribution in [-0.4, -0.2) is 11.2 Å². The summed E-state index contributed by atoms with van der Waals surface area (Å²) >= 11 is 6.22. The molecule has 1 aliphatic carbocycles. The van der Waals surface area contributed by atoms with E-state index < -0.39 is 6.10 Å². The van der Waals surface area contributed by atoms with Gasteiger partial charge in [0, 0.05) is 0 Å². The minimum atomic E-state index is -0.498. The minimum Gasteiger partial charge on any atom is -0.489 e.